The van der Waals surface area contributed by atoms with Crippen molar-refractivity contribution in [3.8, 4) is 11.3 Å². The molecule has 1 amide bonds. The lowest BCUT2D eigenvalue weighted by Gasteiger charge is -2.12. The van der Waals surface area contributed by atoms with Gasteiger partial charge in [0.1, 0.15) is 22.1 Å². The molecule has 1 aromatic carbocycles. The number of carbonyl (C=O) groups excluding carboxylic acids is 1. The number of fused-ring (bicyclic) bond motifs is 1. The van der Waals surface area contributed by atoms with Gasteiger partial charge in [0.05, 0.1) is 11.1 Å². The minimum atomic E-state index is -0.328. The number of benzene rings is 1. The third-order valence-electron chi connectivity index (χ3n) is 4.65. The van der Waals surface area contributed by atoms with Crippen molar-refractivity contribution in [2.75, 3.05) is 0 Å². The van der Waals surface area contributed by atoms with Crippen LogP contribution in [-0.4, -0.2) is 21.7 Å². The number of hydrogen-bond acceptors (Lipinski definition) is 4. The van der Waals surface area contributed by atoms with E-state index in [9.17, 15) is 9.18 Å². The molecule has 0 radical (unpaired) electrons. The van der Waals surface area contributed by atoms with Gasteiger partial charge in [-0.2, -0.15) is 5.10 Å². The Bertz CT molecular complexity index is 1110. The highest BCUT2D eigenvalue weighted by Gasteiger charge is 2.20. The minimum Gasteiger partial charge on any atom is -0.469 e. The molecule has 144 valence electrons. The van der Waals surface area contributed by atoms with Crippen LogP contribution in [0.15, 0.2) is 53.1 Å². The number of aryl methyl sites for hydroxylation is 2. The second-order valence-electron chi connectivity index (χ2n) is 6.77. The highest BCUT2D eigenvalue weighted by Crippen LogP contribution is 2.34. The fourth-order valence-corrected chi connectivity index (χ4v) is 4.16. The summed E-state index contributed by atoms with van der Waals surface area (Å²) >= 11 is 1.36. The number of carbonyl (C=O) groups is 1. The fourth-order valence-electron chi connectivity index (χ4n) is 3.19. The fraction of sp³-hybridized carbons (Fsp3) is 0.238. The maximum Gasteiger partial charge on any atom is 0.261 e. The summed E-state index contributed by atoms with van der Waals surface area (Å²) in [6.45, 7) is 1.97. The zero-order valence-electron chi connectivity index (χ0n) is 15.6. The highest BCUT2D eigenvalue weighted by atomic mass is 32.1. The predicted octanol–water partition coefficient (Wildman–Crippen LogP) is 4.79. The van der Waals surface area contributed by atoms with Gasteiger partial charge in [-0.1, -0.05) is 12.1 Å². The molecule has 0 saturated heterocycles. The van der Waals surface area contributed by atoms with Crippen LogP contribution in [0.3, 0.4) is 0 Å². The van der Waals surface area contributed by atoms with Gasteiger partial charge in [0, 0.05) is 30.5 Å². The van der Waals surface area contributed by atoms with Crippen molar-refractivity contribution >= 4 is 27.5 Å². The van der Waals surface area contributed by atoms with Crippen molar-refractivity contribution in [1.82, 2.24) is 15.1 Å². The van der Waals surface area contributed by atoms with Crippen LogP contribution in [-0.2, 0) is 13.5 Å². The first-order chi connectivity index (χ1) is 13.5. The van der Waals surface area contributed by atoms with Crippen LogP contribution in [0.1, 0.15) is 28.8 Å². The number of thiophene rings is 1. The van der Waals surface area contributed by atoms with Gasteiger partial charge < -0.3 is 9.73 Å². The van der Waals surface area contributed by atoms with Crippen molar-refractivity contribution < 1.29 is 13.6 Å². The molecule has 3 aromatic heterocycles. The molecule has 0 bridgehead atoms. The monoisotopic (exact) mass is 397 g/mol. The van der Waals surface area contributed by atoms with E-state index < -0.39 is 0 Å². The number of nitrogens with zero attached hydrogens (tertiary/aromatic N) is 2. The summed E-state index contributed by atoms with van der Waals surface area (Å²) < 4.78 is 21.2. The molecule has 0 fully saturated rings. The van der Waals surface area contributed by atoms with Crippen LogP contribution < -0.4 is 5.32 Å². The molecule has 4 aromatic rings. The predicted molar refractivity (Wildman–Crippen MR) is 108 cm³/mol. The van der Waals surface area contributed by atoms with Crippen LogP contribution in [0, 0.1) is 5.82 Å². The maximum atomic E-state index is 14.2. The zero-order chi connectivity index (χ0) is 19.7. The molecule has 0 aliphatic heterocycles. The van der Waals surface area contributed by atoms with Crippen molar-refractivity contribution in [3.63, 3.8) is 0 Å². The van der Waals surface area contributed by atoms with Crippen molar-refractivity contribution in [2.24, 2.45) is 7.05 Å². The molecular weight excluding hydrogens is 377 g/mol. The Hall–Kier alpha value is -2.93. The molecule has 0 spiro atoms. The lowest BCUT2D eigenvalue weighted by atomic mass is 10.1. The van der Waals surface area contributed by atoms with Crippen LogP contribution in [0.2, 0.25) is 0 Å². The lowest BCUT2D eigenvalue weighted by molar-refractivity contribution is 0.0942. The quantitative estimate of drug-likeness (QED) is 0.509. The second kappa shape index (κ2) is 7.59. The maximum absolute atomic E-state index is 14.2. The summed E-state index contributed by atoms with van der Waals surface area (Å²) in [4.78, 5) is 14.1. The number of furan rings is 1. The molecule has 3 heterocycles. The highest BCUT2D eigenvalue weighted by molar-refractivity contribution is 7.20. The average Bonchev–Trinajstić information content (AvgIpc) is 3.39. The number of aromatic nitrogens is 2. The third kappa shape index (κ3) is 3.57. The molecule has 28 heavy (non-hydrogen) atoms. The smallest absolute Gasteiger partial charge is 0.261 e. The summed E-state index contributed by atoms with van der Waals surface area (Å²) in [6.07, 6.45) is 3.20. The van der Waals surface area contributed by atoms with Gasteiger partial charge in [-0.15, -0.1) is 11.3 Å². The Morgan fingerprint density at radius 3 is 2.89 bits per heavy atom. The summed E-state index contributed by atoms with van der Waals surface area (Å²) in [5.41, 5.74) is 0.987. The summed E-state index contributed by atoms with van der Waals surface area (Å²) in [5, 5.41) is 8.25. The Kier molecular flexibility index (Phi) is 5.00. The van der Waals surface area contributed by atoms with Gasteiger partial charge in [0.25, 0.3) is 5.91 Å². The summed E-state index contributed by atoms with van der Waals surface area (Å²) in [6, 6.07) is 12.1. The first kappa shape index (κ1) is 18.4. The summed E-state index contributed by atoms with van der Waals surface area (Å²) in [7, 11) is 1.80. The van der Waals surface area contributed by atoms with Gasteiger partial charge in [-0.3, -0.25) is 9.48 Å². The molecule has 1 atom stereocenters. The molecule has 5 nitrogen and oxygen atoms in total. The van der Waals surface area contributed by atoms with E-state index in [0.717, 1.165) is 28.8 Å². The molecule has 4 rings (SSSR count). The number of rotatable bonds is 6. The molecular formula is C21H20FN3O2S. The first-order valence-electron chi connectivity index (χ1n) is 9.07. The van der Waals surface area contributed by atoms with E-state index in [1.165, 1.54) is 17.4 Å². The van der Waals surface area contributed by atoms with Crippen LogP contribution in [0.25, 0.3) is 21.5 Å². The van der Waals surface area contributed by atoms with E-state index in [2.05, 4.69) is 10.4 Å². The third-order valence-corrected chi connectivity index (χ3v) is 5.85. The number of hydrogen-bond donors (Lipinski definition) is 1. The van der Waals surface area contributed by atoms with E-state index in [0.29, 0.717) is 16.1 Å². The van der Waals surface area contributed by atoms with Crippen LogP contribution >= 0.6 is 11.3 Å². The van der Waals surface area contributed by atoms with Gasteiger partial charge in [0.15, 0.2) is 0 Å². The number of nitrogens with one attached hydrogen (secondary N) is 1. The Morgan fingerprint density at radius 2 is 2.14 bits per heavy atom. The van der Waals surface area contributed by atoms with Gasteiger partial charge in [0.2, 0.25) is 0 Å². The normalized spacial score (nSPS) is 12.4. The van der Waals surface area contributed by atoms with Crippen molar-refractivity contribution in [2.45, 2.75) is 25.8 Å². The zero-order valence-corrected chi connectivity index (χ0v) is 16.4. The van der Waals surface area contributed by atoms with Crippen LogP contribution in [0.4, 0.5) is 4.39 Å². The average molecular weight is 397 g/mol. The molecule has 0 aliphatic rings. The van der Waals surface area contributed by atoms with E-state index in [1.807, 2.05) is 19.1 Å². The largest absolute Gasteiger partial charge is 0.469 e. The minimum absolute atomic E-state index is 0.00646. The van der Waals surface area contributed by atoms with Crippen LogP contribution in [0.5, 0.6) is 0 Å². The topological polar surface area (TPSA) is 60.1 Å². The molecule has 0 unspecified atom stereocenters. The second-order valence-corrected chi connectivity index (χ2v) is 7.80. The Labute approximate surface area is 165 Å². The van der Waals surface area contributed by atoms with Gasteiger partial charge in [-0.05, 0) is 43.7 Å². The van der Waals surface area contributed by atoms with Gasteiger partial charge in [-0.25, -0.2) is 4.39 Å². The van der Waals surface area contributed by atoms with E-state index in [1.54, 1.807) is 42.3 Å². The lowest BCUT2D eigenvalue weighted by Crippen LogP contribution is -2.32. The standard InChI is InChI=1S/C21H20FN3O2S/c1-13(9-10-14-6-5-11-27-14)23-20(26)18-12-16-19(24-25(2)21(16)28-18)15-7-3-4-8-17(15)22/h3-8,11-13H,9-10H2,1-2H3,(H,23,26)/t13-/m0/s1. The molecule has 0 saturated carbocycles. The Morgan fingerprint density at radius 1 is 1.32 bits per heavy atom. The molecule has 1 N–H and O–H groups in total. The number of amides is 1. The van der Waals surface area contributed by atoms with Crippen molar-refractivity contribution in [1.29, 1.82) is 0 Å². The van der Waals surface area contributed by atoms with Crippen molar-refractivity contribution in [3.05, 3.63) is 65.2 Å². The molecule has 7 heteroatoms. The van der Waals surface area contributed by atoms with E-state index in [4.69, 9.17) is 4.42 Å². The molecule has 0 aliphatic carbocycles. The van der Waals surface area contributed by atoms with E-state index >= 15 is 0 Å². The summed E-state index contributed by atoms with van der Waals surface area (Å²) in [5.74, 6) is 0.447. The van der Waals surface area contributed by atoms with E-state index in [-0.39, 0.29) is 17.8 Å². The van der Waals surface area contributed by atoms with Gasteiger partial charge >= 0.3 is 0 Å². The first-order valence-corrected chi connectivity index (χ1v) is 9.89. The number of halogens is 1. The SMILES string of the molecule is C[C@@H](CCc1ccco1)NC(=O)c1cc2c(-c3ccccc3F)nn(C)c2s1. The Balaban J connectivity index is 1.53.